The molecule has 0 saturated carbocycles. The molecule has 0 aliphatic heterocycles. The highest BCUT2D eigenvalue weighted by Gasteiger charge is 2.25. The lowest BCUT2D eigenvalue weighted by Crippen LogP contribution is -2.48. The van der Waals surface area contributed by atoms with Gasteiger partial charge < -0.3 is 10.1 Å². The lowest BCUT2D eigenvalue weighted by molar-refractivity contribution is -0.123. The fraction of sp³-hybridized carbons (Fsp3) is 0.348. The van der Waals surface area contributed by atoms with Crippen molar-refractivity contribution in [1.82, 2.24) is 10.7 Å². The number of unbranched alkanes of at least 4 members (excludes halogenated alkanes) is 1. The van der Waals surface area contributed by atoms with E-state index in [0.29, 0.717) is 22.9 Å². The van der Waals surface area contributed by atoms with E-state index in [1.165, 1.54) is 6.21 Å². The van der Waals surface area contributed by atoms with E-state index in [1.54, 1.807) is 24.3 Å². The monoisotopic (exact) mass is 507 g/mol. The summed E-state index contributed by atoms with van der Waals surface area (Å²) in [5.74, 6) is -0.306. The van der Waals surface area contributed by atoms with E-state index in [1.807, 2.05) is 32.0 Å². The lowest BCUT2D eigenvalue weighted by atomic mass is 10.0. The van der Waals surface area contributed by atoms with Crippen molar-refractivity contribution in [3.05, 3.63) is 63.1 Å². The molecule has 0 heterocycles. The molecule has 2 aromatic rings. The summed E-state index contributed by atoms with van der Waals surface area (Å²) in [6.07, 6.45) is 3.51. The number of carbonyl (C=O) groups excluding carboxylic acids is 2. The van der Waals surface area contributed by atoms with Crippen molar-refractivity contribution in [1.29, 1.82) is 0 Å². The third kappa shape index (κ3) is 7.67. The molecule has 0 aromatic heterocycles. The van der Waals surface area contributed by atoms with Crippen LogP contribution in [0.1, 0.15) is 49.5 Å². The zero-order chi connectivity index (χ0) is 22.8. The number of nitrogens with one attached hydrogen (secondary N) is 2. The Labute approximate surface area is 196 Å². The van der Waals surface area contributed by atoms with Crippen molar-refractivity contribution in [2.24, 2.45) is 11.0 Å². The number of halogens is 2. The smallest absolute Gasteiger partial charge is 0.262 e. The van der Waals surface area contributed by atoms with Crippen LogP contribution in [0.15, 0.2) is 52.0 Å². The second kappa shape index (κ2) is 12.5. The SMILES string of the molecule is CCCCOc1ccc(Br)cc1C=NNC(=O)C(NC(=O)c1ccccc1Cl)C(C)C. The first-order chi connectivity index (χ1) is 14.8. The summed E-state index contributed by atoms with van der Waals surface area (Å²) < 4.78 is 6.66. The van der Waals surface area contributed by atoms with Crippen molar-refractivity contribution in [2.75, 3.05) is 6.61 Å². The highest BCUT2D eigenvalue weighted by Crippen LogP contribution is 2.22. The van der Waals surface area contributed by atoms with Gasteiger partial charge in [0.1, 0.15) is 11.8 Å². The van der Waals surface area contributed by atoms with E-state index in [4.69, 9.17) is 16.3 Å². The van der Waals surface area contributed by atoms with Gasteiger partial charge in [-0.1, -0.05) is 66.9 Å². The van der Waals surface area contributed by atoms with Crippen LogP contribution >= 0.6 is 27.5 Å². The number of benzene rings is 2. The summed E-state index contributed by atoms with van der Waals surface area (Å²) in [7, 11) is 0. The minimum atomic E-state index is -0.774. The van der Waals surface area contributed by atoms with Crippen molar-refractivity contribution >= 4 is 45.6 Å². The minimum Gasteiger partial charge on any atom is -0.493 e. The molecule has 2 rings (SSSR count). The van der Waals surface area contributed by atoms with Crippen LogP contribution in [0.3, 0.4) is 0 Å². The molecule has 8 heteroatoms. The van der Waals surface area contributed by atoms with Crippen molar-refractivity contribution in [3.8, 4) is 5.75 Å². The Kier molecular flexibility index (Phi) is 10.0. The third-order valence-corrected chi connectivity index (χ3v) is 5.28. The normalized spacial score (nSPS) is 12.1. The maximum absolute atomic E-state index is 12.7. The van der Waals surface area contributed by atoms with E-state index >= 15 is 0 Å². The van der Waals surface area contributed by atoms with Gasteiger partial charge in [0.05, 0.1) is 23.4 Å². The first kappa shape index (κ1) is 24.9. The fourth-order valence-corrected chi connectivity index (χ4v) is 3.31. The van der Waals surface area contributed by atoms with Crippen LogP contribution in [0, 0.1) is 5.92 Å². The van der Waals surface area contributed by atoms with Gasteiger partial charge in [0, 0.05) is 10.0 Å². The molecule has 1 unspecified atom stereocenters. The van der Waals surface area contributed by atoms with Crippen molar-refractivity contribution in [3.63, 3.8) is 0 Å². The Morgan fingerprint density at radius 2 is 1.97 bits per heavy atom. The van der Waals surface area contributed by atoms with Crippen LogP contribution in [0.25, 0.3) is 0 Å². The molecule has 0 spiro atoms. The third-order valence-electron chi connectivity index (χ3n) is 4.46. The van der Waals surface area contributed by atoms with Crippen LogP contribution in [0.5, 0.6) is 5.75 Å². The van der Waals surface area contributed by atoms with Crippen molar-refractivity contribution in [2.45, 2.75) is 39.7 Å². The van der Waals surface area contributed by atoms with E-state index < -0.39 is 17.9 Å². The van der Waals surface area contributed by atoms with Gasteiger partial charge in [0.25, 0.3) is 11.8 Å². The average Bonchev–Trinajstić information content (AvgIpc) is 2.73. The Balaban J connectivity index is 2.06. The molecule has 1 atom stereocenters. The number of ether oxygens (including phenoxy) is 1. The minimum absolute atomic E-state index is 0.152. The maximum atomic E-state index is 12.7. The number of hydrogen-bond acceptors (Lipinski definition) is 4. The quantitative estimate of drug-likeness (QED) is 0.263. The molecule has 2 amide bonds. The molecule has 0 saturated heterocycles. The second-order valence-corrected chi connectivity index (χ2v) is 8.62. The summed E-state index contributed by atoms with van der Waals surface area (Å²) in [4.78, 5) is 25.2. The van der Waals surface area contributed by atoms with E-state index in [9.17, 15) is 9.59 Å². The summed E-state index contributed by atoms with van der Waals surface area (Å²) in [5, 5.41) is 7.13. The van der Waals surface area contributed by atoms with Gasteiger partial charge in [-0.2, -0.15) is 5.10 Å². The van der Waals surface area contributed by atoms with Crippen LogP contribution in [-0.4, -0.2) is 30.7 Å². The number of amides is 2. The summed E-state index contributed by atoms with van der Waals surface area (Å²) in [6, 6.07) is 11.5. The number of hydrogen-bond donors (Lipinski definition) is 2. The number of nitrogens with zero attached hydrogens (tertiary/aromatic N) is 1. The highest BCUT2D eigenvalue weighted by atomic mass is 79.9. The second-order valence-electron chi connectivity index (χ2n) is 7.29. The van der Waals surface area contributed by atoms with Crippen LogP contribution < -0.4 is 15.5 Å². The molecular weight excluding hydrogens is 482 g/mol. The predicted molar refractivity (Wildman–Crippen MR) is 128 cm³/mol. The maximum Gasteiger partial charge on any atom is 0.262 e. The van der Waals surface area contributed by atoms with Gasteiger partial charge >= 0.3 is 0 Å². The fourth-order valence-electron chi connectivity index (χ4n) is 2.71. The molecular formula is C23H27BrClN3O3. The van der Waals surface area contributed by atoms with E-state index in [0.717, 1.165) is 22.9 Å². The molecule has 0 aliphatic carbocycles. The van der Waals surface area contributed by atoms with Gasteiger partial charge in [-0.25, -0.2) is 5.43 Å². The van der Waals surface area contributed by atoms with E-state index in [-0.39, 0.29) is 5.92 Å². The van der Waals surface area contributed by atoms with Crippen molar-refractivity contribution < 1.29 is 14.3 Å². The molecule has 31 heavy (non-hydrogen) atoms. The van der Waals surface area contributed by atoms with Gasteiger partial charge in [-0.05, 0) is 42.7 Å². The van der Waals surface area contributed by atoms with Gasteiger partial charge in [-0.3, -0.25) is 9.59 Å². The first-order valence-electron chi connectivity index (χ1n) is 10.1. The molecule has 166 valence electrons. The molecule has 2 N–H and O–H groups in total. The zero-order valence-corrected chi connectivity index (χ0v) is 20.2. The zero-order valence-electron chi connectivity index (χ0n) is 17.8. The standard InChI is InChI=1S/C23H27BrClN3O3/c1-4-5-12-31-20-11-10-17(24)13-16(20)14-26-28-23(30)21(15(2)3)27-22(29)18-8-6-7-9-19(18)25/h6-11,13-15,21H,4-5,12H2,1-3H3,(H,27,29)(H,28,30). The number of carbonyl (C=O) groups is 2. The molecule has 0 bridgehead atoms. The molecule has 6 nitrogen and oxygen atoms in total. The number of rotatable bonds is 10. The summed E-state index contributed by atoms with van der Waals surface area (Å²) in [5.41, 5.74) is 3.55. The average molecular weight is 509 g/mol. The predicted octanol–water partition coefficient (Wildman–Crippen LogP) is 5.19. The molecule has 0 fully saturated rings. The molecule has 0 aliphatic rings. The van der Waals surface area contributed by atoms with Crippen LogP contribution in [0.2, 0.25) is 5.02 Å². The van der Waals surface area contributed by atoms with Gasteiger partial charge in [-0.15, -0.1) is 0 Å². The van der Waals surface area contributed by atoms with Crippen LogP contribution in [0.4, 0.5) is 0 Å². The van der Waals surface area contributed by atoms with Crippen LogP contribution in [-0.2, 0) is 4.79 Å². The summed E-state index contributed by atoms with van der Waals surface area (Å²) >= 11 is 9.52. The molecule has 2 aromatic carbocycles. The topological polar surface area (TPSA) is 79.8 Å². The Hall–Kier alpha value is -2.38. The lowest BCUT2D eigenvalue weighted by Gasteiger charge is -2.20. The van der Waals surface area contributed by atoms with Gasteiger partial charge in [0.2, 0.25) is 0 Å². The Bertz CT molecular complexity index is 934. The Morgan fingerprint density at radius 1 is 1.23 bits per heavy atom. The number of hydrazone groups is 1. The molecule has 0 radical (unpaired) electrons. The first-order valence-corrected chi connectivity index (χ1v) is 11.3. The summed E-state index contributed by atoms with van der Waals surface area (Å²) in [6.45, 7) is 6.39. The Morgan fingerprint density at radius 3 is 2.65 bits per heavy atom. The van der Waals surface area contributed by atoms with E-state index in [2.05, 4.69) is 38.7 Å². The highest BCUT2D eigenvalue weighted by molar-refractivity contribution is 9.10. The van der Waals surface area contributed by atoms with Gasteiger partial charge in [0.15, 0.2) is 0 Å². The largest absolute Gasteiger partial charge is 0.493 e.